The molecule has 0 saturated carbocycles. The Bertz CT molecular complexity index is 95.9. The molecule has 3 nitrogen and oxygen atoms in total. The van der Waals surface area contributed by atoms with Gasteiger partial charge in [-0.1, -0.05) is 26.2 Å². The van der Waals surface area contributed by atoms with Crippen molar-refractivity contribution < 1.29 is 15.0 Å². The molecule has 0 radical (unpaired) electrons. The van der Waals surface area contributed by atoms with Crippen LogP contribution < -0.4 is 0 Å². The average molecular weight is 176 g/mol. The Labute approximate surface area is 74.4 Å². The highest BCUT2D eigenvalue weighted by molar-refractivity contribution is 5.62. The van der Waals surface area contributed by atoms with E-state index in [1.807, 2.05) is 6.92 Å². The summed E-state index contributed by atoms with van der Waals surface area (Å²) < 4.78 is 0. The fourth-order valence-electron chi connectivity index (χ4n) is 0.690. The third kappa shape index (κ3) is 34.1. The monoisotopic (exact) mass is 176 g/mol. The fraction of sp³-hybridized carbons (Fsp3) is 0.889. The second-order valence-corrected chi connectivity index (χ2v) is 2.86. The summed E-state index contributed by atoms with van der Waals surface area (Å²) in [5.41, 5.74) is 0. The van der Waals surface area contributed by atoms with Crippen LogP contribution in [-0.2, 0) is 4.79 Å². The van der Waals surface area contributed by atoms with Gasteiger partial charge in [0.25, 0.3) is 5.97 Å². The van der Waals surface area contributed by atoms with E-state index in [0.717, 1.165) is 13.3 Å². The van der Waals surface area contributed by atoms with Gasteiger partial charge in [0, 0.05) is 6.92 Å². The van der Waals surface area contributed by atoms with Crippen LogP contribution in [0, 0.1) is 0 Å². The highest BCUT2D eigenvalue weighted by atomic mass is 16.4. The largest absolute Gasteiger partial charge is 0.481 e. The summed E-state index contributed by atoms with van der Waals surface area (Å²) >= 11 is 0. The van der Waals surface area contributed by atoms with Gasteiger partial charge in [-0.15, -0.1) is 0 Å². The summed E-state index contributed by atoms with van der Waals surface area (Å²) in [7, 11) is 0. The molecule has 0 spiro atoms. The van der Waals surface area contributed by atoms with E-state index in [0.29, 0.717) is 0 Å². The van der Waals surface area contributed by atoms with Crippen molar-refractivity contribution in [2.45, 2.75) is 52.6 Å². The van der Waals surface area contributed by atoms with Crippen molar-refractivity contribution in [1.82, 2.24) is 0 Å². The van der Waals surface area contributed by atoms with Gasteiger partial charge in [0.05, 0.1) is 6.10 Å². The first-order chi connectivity index (χ1) is 5.50. The number of aliphatic hydroxyl groups excluding tert-OH is 1. The maximum atomic E-state index is 9.00. The van der Waals surface area contributed by atoms with Crippen LogP contribution in [0.3, 0.4) is 0 Å². The van der Waals surface area contributed by atoms with Gasteiger partial charge in [0.1, 0.15) is 0 Å². The Morgan fingerprint density at radius 1 is 1.42 bits per heavy atom. The summed E-state index contributed by atoms with van der Waals surface area (Å²) in [5, 5.41) is 16.2. The molecule has 0 saturated heterocycles. The van der Waals surface area contributed by atoms with Crippen molar-refractivity contribution in [3.8, 4) is 0 Å². The van der Waals surface area contributed by atoms with Crippen LogP contribution in [-0.4, -0.2) is 22.3 Å². The maximum Gasteiger partial charge on any atom is 0.300 e. The molecule has 3 heteroatoms. The van der Waals surface area contributed by atoms with Gasteiger partial charge in [-0.25, -0.2) is 0 Å². The van der Waals surface area contributed by atoms with E-state index in [9.17, 15) is 0 Å². The minimum absolute atomic E-state index is 0.0958. The van der Waals surface area contributed by atoms with Crippen LogP contribution in [0.4, 0.5) is 0 Å². The van der Waals surface area contributed by atoms with E-state index in [2.05, 4.69) is 6.92 Å². The van der Waals surface area contributed by atoms with E-state index >= 15 is 0 Å². The quantitative estimate of drug-likeness (QED) is 0.644. The standard InChI is InChI=1S/C7H16O.C2H4O2/c1-3-4-5-6-7(2)8;1-2(3)4/h7-8H,3-6H2,1-2H3;1H3,(H,3,4). The van der Waals surface area contributed by atoms with Crippen LogP contribution in [0.2, 0.25) is 0 Å². The van der Waals surface area contributed by atoms with Gasteiger partial charge in [-0.05, 0) is 13.3 Å². The number of hydrogen-bond donors (Lipinski definition) is 2. The Hall–Kier alpha value is -0.570. The van der Waals surface area contributed by atoms with Gasteiger partial charge in [0.2, 0.25) is 0 Å². The highest BCUT2D eigenvalue weighted by Crippen LogP contribution is 2.01. The zero-order valence-corrected chi connectivity index (χ0v) is 8.21. The predicted octanol–water partition coefficient (Wildman–Crippen LogP) is 2.04. The van der Waals surface area contributed by atoms with E-state index in [-0.39, 0.29) is 6.10 Å². The van der Waals surface area contributed by atoms with Crippen LogP contribution in [0.5, 0.6) is 0 Å². The molecule has 74 valence electrons. The van der Waals surface area contributed by atoms with Crippen LogP contribution in [0.15, 0.2) is 0 Å². The summed E-state index contributed by atoms with van der Waals surface area (Å²) in [6.45, 7) is 5.09. The lowest BCUT2D eigenvalue weighted by atomic mass is 10.1. The molecule has 0 aliphatic rings. The van der Waals surface area contributed by atoms with E-state index in [1.54, 1.807) is 0 Å². The molecule has 0 aromatic heterocycles. The molecule has 0 rings (SSSR count). The first-order valence-electron chi connectivity index (χ1n) is 4.38. The van der Waals surface area contributed by atoms with Gasteiger partial charge >= 0.3 is 0 Å². The lowest BCUT2D eigenvalue weighted by Gasteiger charge is -2.00. The SMILES string of the molecule is CC(=O)O.CCCCCC(C)O. The van der Waals surface area contributed by atoms with Crippen molar-refractivity contribution in [1.29, 1.82) is 0 Å². The van der Waals surface area contributed by atoms with Crippen molar-refractivity contribution in [3.63, 3.8) is 0 Å². The molecule has 0 aromatic rings. The van der Waals surface area contributed by atoms with Crippen molar-refractivity contribution in [2.75, 3.05) is 0 Å². The van der Waals surface area contributed by atoms with Gasteiger partial charge in [0.15, 0.2) is 0 Å². The molecule has 2 N–H and O–H groups in total. The molecule has 0 heterocycles. The van der Waals surface area contributed by atoms with E-state index in [4.69, 9.17) is 15.0 Å². The Kier molecular flexibility index (Phi) is 12.2. The fourth-order valence-corrected chi connectivity index (χ4v) is 0.690. The molecule has 0 fully saturated rings. The number of carbonyl (C=O) groups is 1. The van der Waals surface area contributed by atoms with Crippen LogP contribution in [0.25, 0.3) is 0 Å². The molecule has 0 amide bonds. The molecule has 1 atom stereocenters. The van der Waals surface area contributed by atoms with E-state index < -0.39 is 5.97 Å². The Morgan fingerprint density at radius 3 is 2.08 bits per heavy atom. The summed E-state index contributed by atoms with van der Waals surface area (Å²) in [6, 6.07) is 0. The molecule has 0 aliphatic carbocycles. The third-order valence-electron chi connectivity index (χ3n) is 1.23. The first-order valence-corrected chi connectivity index (χ1v) is 4.38. The van der Waals surface area contributed by atoms with Crippen molar-refractivity contribution in [3.05, 3.63) is 0 Å². The highest BCUT2D eigenvalue weighted by Gasteiger charge is 1.92. The Morgan fingerprint density at radius 2 is 1.83 bits per heavy atom. The van der Waals surface area contributed by atoms with Gasteiger partial charge < -0.3 is 10.2 Å². The predicted molar refractivity (Wildman–Crippen MR) is 49.1 cm³/mol. The number of aliphatic hydroxyl groups is 1. The lowest BCUT2D eigenvalue weighted by molar-refractivity contribution is -0.134. The number of rotatable bonds is 4. The first kappa shape index (κ1) is 14.0. The van der Waals surface area contributed by atoms with Crippen molar-refractivity contribution in [2.24, 2.45) is 0 Å². The van der Waals surface area contributed by atoms with Crippen molar-refractivity contribution >= 4 is 5.97 Å². The van der Waals surface area contributed by atoms with Crippen LogP contribution >= 0.6 is 0 Å². The molecule has 0 bridgehead atoms. The molecular weight excluding hydrogens is 156 g/mol. The zero-order chi connectivity index (χ0) is 9.98. The smallest absolute Gasteiger partial charge is 0.300 e. The molecule has 1 unspecified atom stereocenters. The zero-order valence-electron chi connectivity index (χ0n) is 8.21. The number of hydrogen-bond acceptors (Lipinski definition) is 2. The topological polar surface area (TPSA) is 57.5 Å². The second-order valence-electron chi connectivity index (χ2n) is 2.86. The normalized spacial score (nSPS) is 11.3. The molecule has 12 heavy (non-hydrogen) atoms. The number of carboxylic acid groups (broad SMARTS) is 1. The minimum atomic E-state index is -0.833. The molecular formula is C9H20O3. The second kappa shape index (κ2) is 10.4. The summed E-state index contributed by atoms with van der Waals surface area (Å²) in [5.74, 6) is -0.833. The minimum Gasteiger partial charge on any atom is -0.481 e. The Balaban J connectivity index is 0. The van der Waals surface area contributed by atoms with Crippen LogP contribution in [0.1, 0.15) is 46.5 Å². The van der Waals surface area contributed by atoms with Gasteiger partial charge in [-0.3, -0.25) is 4.79 Å². The summed E-state index contributed by atoms with van der Waals surface area (Å²) in [4.78, 5) is 9.00. The van der Waals surface area contributed by atoms with E-state index in [1.165, 1.54) is 19.3 Å². The third-order valence-corrected chi connectivity index (χ3v) is 1.23. The molecule has 0 aromatic carbocycles. The maximum absolute atomic E-state index is 9.00. The number of unbranched alkanes of at least 4 members (excludes halogenated alkanes) is 2. The van der Waals surface area contributed by atoms with Gasteiger partial charge in [-0.2, -0.15) is 0 Å². The lowest BCUT2D eigenvalue weighted by Crippen LogP contribution is -1.97. The molecule has 0 aliphatic heterocycles. The number of carboxylic acids is 1. The average Bonchev–Trinajstić information content (AvgIpc) is 1.86. The summed E-state index contributed by atoms with van der Waals surface area (Å²) in [6.07, 6.45) is 4.54. The number of aliphatic carboxylic acids is 1.